The summed E-state index contributed by atoms with van der Waals surface area (Å²) in [5.41, 5.74) is 1.04. The molecule has 0 spiro atoms. The smallest absolute Gasteiger partial charge is 0.327 e. The van der Waals surface area contributed by atoms with Crippen LogP contribution in [0.25, 0.3) is 0 Å². The van der Waals surface area contributed by atoms with Gasteiger partial charge in [-0.05, 0) is 31.5 Å². The summed E-state index contributed by atoms with van der Waals surface area (Å²) in [6, 6.07) is 3.62. The van der Waals surface area contributed by atoms with E-state index in [1.54, 1.807) is 12.4 Å². The van der Waals surface area contributed by atoms with Crippen molar-refractivity contribution >= 4 is 15.3 Å². The Labute approximate surface area is 122 Å². The Morgan fingerprint density at radius 3 is 2.40 bits per heavy atom. The lowest BCUT2D eigenvalue weighted by atomic mass is 10.2. The minimum absolute atomic E-state index is 0.135. The maximum atomic E-state index is 11.7. The first kappa shape index (κ1) is 16.8. The maximum absolute atomic E-state index is 11.7. The van der Waals surface area contributed by atoms with Gasteiger partial charge in [0.05, 0.1) is 13.0 Å². The minimum atomic E-state index is -1.76. The highest BCUT2D eigenvalue weighted by molar-refractivity contribution is 6.46. The van der Waals surface area contributed by atoms with Gasteiger partial charge in [-0.15, -0.1) is 0 Å². The van der Waals surface area contributed by atoms with Gasteiger partial charge in [0.25, 0.3) is 0 Å². The number of hydrogen-bond acceptors (Lipinski definition) is 5. The van der Waals surface area contributed by atoms with Crippen molar-refractivity contribution in [2.75, 3.05) is 19.8 Å². The summed E-state index contributed by atoms with van der Waals surface area (Å²) in [7, 11) is -1.76. The topological polar surface area (TPSA) is 57.7 Å². The number of rotatable bonds is 9. The standard InChI is InChI=1S/C14H23NO4Si/c1-4-18-20(19-5-2)12(3)11-17-14(16)10-13-6-8-15-9-7-13/h6-9,12,20H,4-5,10-11H2,1-3H3. The Bertz CT molecular complexity index is 382. The molecule has 0 amide bonds. The molecule has 1 heterocycles. The third-order valence-electron chi connectivity index (χ3n) is 2.73. The van der Waals surface area contributed by atoms with Crippen LogP contribution >= 0.6 is 0 Å². The summed E-state index contributed by atoms with van der Waals surface area (Å²) in [6.45, 7) is 7.50. The Balaban J connectivity index is 2.35. The van der Waals surface area contributed by atoms with Gasteiger partial charge in [0.2, 0.25) is 0 Å². The van der Waals surface area contributed by atoms with E-state index in [0.717, 1.165) is 5.56 Å². The van der Waals surface area contributed by atoms with Crippen molar-refractivity contribution in [3.63, 3.8) is 0 Å². The van der Waals surface area contributed by atoms with Gasteiger partial charge in [-0.25, -0.2) is 0 Å². The van der Waals surface area contributed by atoms with Gasteiger partial charge < -0.3 is 13.6 Å². The molecule has 0 aliphatic carbocycles. The van der Waals surface area contributed by atoms with E-state index in [-0.39, 0.29) is 17.9 Å². The fourth-order valence-corrected chi connectivity index (χ4v) is 3.39. The second-order valence-corrected chi connectivity index (χ2v) is 7.01. The van der Waals surface area contributed by atoms with Crippen LogP contribution in [-0.2, 0) is 24.8 Å². The van der Waals surface area contributed by atoms with Crippen molar-refractivity contribution in [3.05, 3.63) is 30.1 Å². The van der Waals surface area contributed by atoms with Crippen molar-refractivity contribution in [1.29, 1.82) is 0 Å². The molecule has 20 heavy (non-hydrogen) atoms. The number of nitrogens with zero attached hydrogens (tertiary/aromatic N) is 1. The van der Waals surface area contributed by atoms with E-state index in [1.165, 1.54) is 0 Å². The van der Waals surface area contributed by atoms with Crippen molar-refractivity contribution in [1.82, 2.24) is 4.98 Å². The SMILES string of the molecule is CCO[SiH](OCC)C(C)COC(=O)Cc1ccncc1. The quantitative estimate of drug-likeness (QED) is 0.514. The lowest BCUT2D eigenvalue weighted by molar-refractivity contribution is -0.142. The molecular weight excluding hydrogens is 274 g/mol. The zero-order chi connectivity index (χ0) is 14.8. The van der Waals surface area contributed by atoms with Gasteiger partial charge in [-0.1, -0.05) is 6.92 Å². The first-order valence-electron chi connectivity index (χ1n) is 6.95. The third kappa shape index (κ3) is 6.27. The Hall–Kier alpha value is -1.24. The molecule has 112 valence electrons. The van der Waals surface area contributed by atoms with Crippen LogP contribution in [0.3, 0.4) is 0 Å². The number of carbonyl (C=O) groups excluding carboxylic acids is 1. The lowest BCUT2D eigenvalue weighted by Gasteiger charge is -2.21. The minimum Gasteiger partial charge on any atom is -0.465 e. The summed E-state index contributed by atoms with van der Waals surface area (Å²) >= 11 is 0. The molecule has 0 aliphatic rings. The van der Waals surface area contributed by atoms with Crippen LogP contribution in [0.1, 0.15) is 26.3 Å². The number of hydrogen-bond donors (Lipinski definition) is 0. The van der Waals surface area contributed by atoms with Gasteiger partial charge in [0.1, 0.15) is 0 Å². The van der Waals surface area contributed by atoms with E-state index in [9.17, 15) is 4.79 Å². The number of aromatic nitrogens is 1. The Kier molecular flexibility index (Phi) is 8.09. The first-order chi connectivity index (χ1) is 9.67. The molecule has 1 atom stereocenters. The fourth-order valence-electron chi connectivity index (χ4n) is 1.73. The third-order valence-corrected chi connectivity index (χ3v) is 5.18. The molecule has 0 radical (unpaired) electrons. The molecular formula is C14H23NO4Si. The molecule has 0 aliphatic heterocycles. The van der Waals surface area contributed by atoms with E-state index < -0.39 is 9.28 Å². The van der Waals surface area contributed by atoms with E-state index >= 15 is 0 Å². The highest BCUT2D eigenvalue weighted by Gasteiger charge is 2.23. The predicted octanol–water partition coefficient (Wildman–Crippen LogP) is 1.85. The number of esters is 1. The maximum Gasteiger partial charge on any atom is 0.327 e. The van der Waals surface area contributed by atoms with Crippen molar-refractivity contribution in [2.24, 2.45) is 0 Å². The number of carbonyl (C=O) groups is 1. The second kappa shape index (κ2) is 9.63. The van der Waals surface area contributed by atoms with Crippen LogP contribution in [-0.4, -0.2) is 40.1 Å². The normalized spacial score (nSPS) is 12.4. The zero-order valence-corrected chi connectivity index (χ0v) is 13.5. The molecule has 0 N–H and O–H groups in total. The molecule has 6 heteroatoms. The Morgan fingerprint density at radius 1 is 1.25 bits per heavy atom. The van der Waals surface area contributed by atoms with Gasteiger partial charge in [0, 0.05) is 31.1 Å². The van der Waals surface area contributed by atoms with Crippen molar-refractivity contribution in [3.8, 4) is 0 Å². The van der Waals surface area contributed by atoms with Crippen LogP contribution in [0.5, 0.6) is 0 Å². The van der Waals surface area contributed by atoms with Crippen LogP contribution in [0, 0.1) is 0 Å². The van der Waals surface area contributed by atoms with E-state index in [0.29, 0.717) is 19.8 Å². The Morgan fingerprint density at radius 2 is 1.85 bits per heavy atom. The highest BCUT2D eigenvalue weighted by atomic mass is 28.3. The van der Waals surface area contributed by atoms with Crippen molar-refractivity contribution < 1.29 is 18.4 Å². The summed E-state index contributed by atoms with van der Waals surface area (Å²) in [5.74, 6) is -0.233. The van der Waals surface area contributed by atoms with Crippen molar-refractivity contribution in [2.45, 2.75) is 32.7 Å². The summed E-state index contributed by atoms with van der Waals surface area (Å²) in [5, 5.41) is 0. The van der Waals surface area contributed by atoms with E-state index in [1.807, 2.05) is 32.9 Å². The molecule has 1 rings (SSSR count). The summed E-state index contributed by atoms with van der Waals surface area (Å²) < 4.78 is 16.5. The van der Waals surface area contributed by atoms with Gasteiger partial charge in [-0.3, -0.25) is 9.78 Å². The average molecular weight is 297 g/mol. The molecule has 0 fully saturated rings. The molecule has 0 aromatic carbocycles. The highest BCUT2D eigenvalue weighted by Crippen LogP contribution is 2.13. The molecule has 0 saturated carbocycles. The largest absolute Gasteiger partial charge is 0.465 e. The molecule has 0 saturated heterocycles. The van der Waals surface area contributed by atoms with Gasteiger partial charge >= 0.3 is 15.3 Å². The fraction of sp³-hybridized carbons (Fsp3) is 0.571. The van der Waals surface area contributed by atoms with Crippen LogP contribution in [0.4, 0.5) is 0 Å². The van der Waals surface area contributed by atoms with E-state index in [4.69, 9.17) is 13.6 Å². The molecule has 1 aromatic heterocycles. The monoisotopic (exact) mass is 297 g/mol. The van der Waals surface area contributed by atoms with Crippen LogP contribution < -0.4 is 0 Å². The average Bonchev–Trinajstić information content (AvgIpc) is 2.45. The zero-order valence-electron chi connectivity index (χ0n) is 12.4. The van der Waals surface area contributed by atoms with Gasteiger partial charge in [-0.2, -0.15) is 0 Å². The lowest BCUT2D eigenvalue weighted by Crippen LogP contribution is -2.31. The molecule has 1 aromatic rings. The van der Waals surface area contributed by atoms with Crippen LogP contribution in [0.2, 0.25) is 5.54 Å². The summed E-state index contributed by atoms with van der Waals surface area (Å²) in [4.78, 5) is 15.7. The van der Waals surface area contributed by atoms with Gasteiger partial charge in [0.15, 0.2) is 0 Å². The first-order valence-corrected chi connectivity index (χ1v) is 8.56. The molecule has 1 unspecified atom stereocenters. The summed E-state index contributed by atoms with van der Waals surface area (Å²) in [6.07, 6.45) is 3.60. The number of ether oxygens (including phenoxy) is 1. The predicted molar refractivity (Wildman–Crippen MR) is 78.7 cm³/mol. The van der Waals surface area contributed by atoms with Crippen LogP contribution in [0.15, 0.2) is 24.5 Å². The number of pyridine rings is 1. The molecule has 0 bridgehead atoms. The molecule has 5 nitrogen and oxygen atoms in total. The van der Waals surface area contributed by atoms with E-state index in [2.05, 4.69) is 4.98 Å². The second-order valence-electron chi connectivity index (χ2n) is 4.47.